The molecule has 0 saturated heterocycles. The summed E-state index contributed by atoms with van der Waals surface area (Å²) in [5.41, 5.74) is 7.60. The average Bonchev–Trinajstić information content (AvgIpc) is 2.86. The fraction of sp³-hybridized carbons (Fsp3) is 0.0968. The van der Waals surface area contributed by atoms with Gasteiger partial charge in [-0.25, -0.2) is 0 Å². The predicted molar refractivity (Wildman–Crippen MR) is 137 cm³/mol. The lowest BCUT2D eigenvalue weighted by Crippen LogP contribution is -2.11. The van der Waals surface area contributed by atoms with E-state index < -0.39 is 0 Å². The molecule has 0 spiro atoms. The molecule has 5 aromatic carbocycles. The van der Waals surface area contributed by atoms with Crippen LogP contribution in [-0.4, -0.2) is 0 Å². The van der Waals surface area contributed by atoms with Crippen molar-refractivity contribution in [3.63, 3.8) is 0 Å². The normalized spacial score (nSPS) is 10.9. The van der Waals surface area contributed by atoms with Gasteiger partial charge in [0.05, 0.1) is 5.69 Å². The quantitative estimate of drug-likeness (QED) is 0.270. The summed E-state index contributed by atoms with van der Waals surface area (Å²) in [6.07, 6.45) is 1.98. The smallest absolute Gasteiger partial charge is 0.0542 e. The minimum Gasteiger partial charge on any atom is -0.310 e. The second-order valence-corrected chi connectivity index (χ2v) is 8.19. The molecule has 156 valence electrons. The van der Waals surface area contributed by atoms with Crippen molar-refractivity contribution in [2.75, 3.05) is 4.90 Å². The standard InChI is InChI=1S/C31H27N/c1-2-24-12-11-13-25(20-24)21-26-22-27-14-9-10-19-30(27)31(23-26)32(28-15-5-3-6-16-28)29-17-7-4-8-18-29/h3-20,22-23H,2,21H2,1H3. The number of rotatable bonds is 6. The van der Waals surface area contributed by atoms with Crippen molar-refractivity contribution in [3.8, 4) is 0 Å². The third-order valence-electron chi connectivity index (χ3n) is 5.98. The number of anilines is 3. The summed E-state index contributed by atoms with van der Waals surface area (Å²) in [6.45, 7) is 2.21. The first-order valence-corrected chi connectivity index (χ1v) is 11.3. The van der Waals surface area contributed by atoms with Crippen LogP contribution >= 0.6 is 0 Å². The first-order chi connectivity index (χ1) is 15.8. The Kier molecular flexibility index (Phi) is 5.72. The van der Waals surface area contributed by atoms with E-state index in [9.17, 15) is 0 Å². The Morgan fingerprint density at radius 3 is 1.84 bits per heavy atom. The molecule has 5 rings (SSSR count). The van der Waals surface area contributed by atoms with Crippen LogP contribution in [0.3, 0.4) is 0 Å². The monoisotopic (exact) mass is 413 g/mol. The van der Waals surface area contributed by atoms with Gasteiger partial charge in [-0.3, -0.25) is 0 Å². The van der Waals surface area contributed by atoms with Crippen molar-refractivity contribution in [1.29, 1.82) is 0 Å². The van der Waals surface area contributed by atoms with Crippen LogP contribution in [0, 0.1) is 0 Å². The van der Waals surface area contributed by atoms with Gasteiger partial charge in [-0.05, 0) is 65.3 Å². The lowest BCUT2D eigenvalue weighted by atomic mass is 9.97. The molecule has 0 aliphatic carbocycles. The fourth-order valence-electron chi connectivity index (χ4n) is 4.41. The summed E-state index contributed by atoms with van der Waals surface area (Å²) in [7, 11) is 0. The van der Waals surface area contributed by atoms with Gasteiger partial charge in [0.2, 0.25) is 0 Å². The van der Waals surface area contributed by atoms with E-state index in [0.29, 0.717) is 0 Å². The average molecular weight is 414 g/mol. The number of benzene rings is 5. The molecule has 0 unspecified atom stereocenters. The number of hydrogen-bond acceptors (Lipinski definition) is 1. The largest absolute Gasteiger partial charge is 0.310 e. The summed E-state index contributed by atoms with van der Waals surface area (Å²) in [4.78, 5) is 2.37. The Morgan fingerprint density at radius 1 is 0.531 bits per heavy atom. The molecule has 0 aliphatic heterocycles. The molecule has 0 atom stereocenters. The molecule has 0 aliphatic rings. The Balaban J connectivity index is 1.69. The summed E-state index contributed by atoms with van der Waals surface area (Å²) >= 11 is 0. The van der Waals surface area contributed by atoms with Gasteiger partial charge in [0.15, 0.2) is 0 Å². The zero-order valence-corrected chi connectivity index (χ0v) is 18.4. The van der Waals surface area contributed by atoms with Crippen LogP contribution in [0.5, 0.6) is 0 Å². The van der Waals surface area contributed by atoms with Crippen molar-refractivity contribution >= 4 is 27.8 Å². The van der Waals surface area contributed by atoms with Gasteiger partial charge in [-0.1, -0.05) is 97.9 Å². The molecule has 5 aromatic rings. The highest BCUT2D eigenvalue weighted by molar-refractivity contribution is 5.99. The molecule has 0 radical (unpaired) electrons. The minimum atomic E-state index is 0.920. The van der Waals surface area contributed by atoms with Crippen molar-refractivity contribution in [3.05, 3.63) is 138 Å². The SMILES string of the molecule is CCc1cccc(Cc2cc(N(c3ccccc3)c3ccccc3)c3ccccc3c2)c1. The molecular weight excluding hydrogens is 386 g/mol. The first kappa shape index (κ1) is 20.1. The van der Waals surface area contributed by atoms with Crippen molar-refractivity contribution < 1.29 is 0 Å². The lowest BCUT2D eigenvalue weighted by Gasteiger charge is -2.27. The van der Waals surface area contributed by atoms with Gasteiger partial charge >= 0.3 is 0 Å². The van der Waals surface area contributed by atoms with Gasteiger partial charge in [0.1, 0.15) is 0 Å². The summed E-state index contributed by atoms with van der Waals surface area (Å²) in [5.74, 6) is 0. The van der Waals surface area contributed by atoms with Crippen molar-refractivity contribution in [1.82, 2.24) is 0 Å². The molecule has 0 amide bonds. The van der Waals surface area contributed by atoms with Crippen molar-refractivity contribution in [2.45, 2.75) is 19.8 Å². The summed E-state index contributed by atoms with van der Waals surface area (Å²) < 4.78 is 0. The van der Waals surface area contributed by atoms with Crippen LogP contribution in [-0.2, 0) is 12.8 Å². The highest BCUT2D eigenvalue weighted by Gasteiger charge is 2.16. The second kappa shape index (κ2) is 9.11. The first-order valence-electron chi connectivity index (χ1n) is 11.3. The van der Waals surface area contributed by atoms with E-state index in [-0.39, 0.29) is 0 Å². The van der Waals surface area contributed by atoms with Crippen LogP contribution in [0.15, 0.2) is 121 Å². The van der Waals surface area contributed by atoms with Crippen LogP contribution < -0.4 is 4.90 Å². The molecule has 1 heteroatoms. The predicted octanol–water partition coefficient (Wildman–Crippen LogP) is 8.46. The van der Waals surface area contributed by atoms with Gasteiger partial charge in [-0.15, -0.1) is 0 Å². The number of hydrogen-bond donors (Lipinski definition) is 0. The topological polar surface area (TPSA) is 3.24 Å². The zero-order valence-electron chi connectivity index (χ0n) is 18.4. The Labute approximate surface area is 190 Å². The molecule has 0 saturated carbocycles. The maximum Gasteiger partial charge on any atom is 0.0542 e. The molecule has 32 heavy (non-hydrogen) atoms. The lowest BCUT2D eigenvalue weighted by molar-refractivity contribution is 1.11. The molecule has 0 N–H and O–H groups in total. The number of fused-ring (bicyclic) bond motifs is 1. The van der Waals surface area contributed by atoms with E-state index in [4.69, 9.17) is 0 Å². The Morgan fingerprint density at radius 2 is 1.16 bits per heavy atom. The molecule has 0 fully saturated rings. The summed E-state index contributed by atoms with van der Waals surface area (Å²) in [6, 6.07) is 43.6. The van der Waals surface area contributed by atoms with Crippen LogP contribution in [0.25, 0.3) is 10.8 Å². The van der Waals surface area contributed by atoms with E-state index in [1.807, 2.05) is 0 Å². The Hall–Kier alpha value is -3.84. The van der Waals surface area contributed by atoms with Gasteiger partial charge < -0.3 is 4.90 Å². The third kappa shape index (κ3) is 4.15. The maximum atomic E-state index is 2.37. The van der Waals surface area contributed by atoms with E-state index in [2.05, 4.69) is 133 Å². The van der Waals surface area contributed by atoms with Gasteiger partial charge in [-0.2, -0.15) is 0 Å². The van der Waals surface area contributed by atoms with Crippen LogP contribution in [0.1, 0.15) is 23.6 Å². The fourth-order valence-corrected chi connectivity index (χ4v) is 4.41. The number of aryl methyl sites for hydroxylation is 1. The highest BCUT2D eigenvalue weighted by atomic mass is 15.1. The Bertz CT molecular complexity index is 1280. The maximum absolute atomic E-state index is 2.37. The minimum absolute atomic E-state index is 0.920. The third-order valence-corrected chi connectivity index (χ3v) is 5.98. The highest BCUT2D eigenvalue weighted by Crippen LogP contribution is 2.39. The van der Waals surface area contributed by atoms with Crippen LogP contribution in [0.4, 0.5) is 17.1 Å². The van der Waals surface area contributed by atoms with Gasteiger partial charge in [0.25, 0.3) is 0 Å². The van der Waals surface area contributed by atoms with E-state index in [1.165, 1.54) is 33.2 Å². The van der Waals surface area contributed by atoms with E-state index >= 15 is 0 Å². The zero-order chi connectivity index (χ0) is 21.8. The number of para-hydroxylation sites is 2. The molecule has 0 aromatic heterocycles. The van der Waals surface area contributed by atoms with E-state index in [1.54, 1.807) is 0 Å². The van der Waals surface area contributed by atoms with Crippen molar-refractivity contribution in [2.24, 2.45) is 0 Å². The van der Waals surface area contributed by atoms with E-state index in [0.717, 1.165) is 24.2 Å². The van der Waals surface area contributed by atoms with Gasteiger partial charge in [0, 0.05) is 16.8 Å². The van der Waals surface area contributed by atoms with Crippen LogP contribution in [0.2, 0.25) is 0 Å². The molecular formula is C31H27N. The summed E-state index contributed by atoms with van der Waals surface area (Å²) in [5, 5.41) is 2.52. The molecule has 0 heterocycles. The number of nitrogens with zero attached hydrogens (tertiary/aromatic N) is 1. The molecule has 1 nitrogen and oxygen atoms in total. The molecule has 0 bridgehead atoms. The second-order valence-electron chi connectivity index (χ2n) is 8.19.